The molecule has 0 radical (unpaired) electrons. The molecule has 1 amide bonds. The normalized spacial score (nSPS) is 13.8. The Hall–Kier alpha value is -1.43. The van der Waals surface area contributed by atoms with Crippen LogP contribution in [0.4, 0.5) is 0 Å². The lowest BCUT2D eigenvalue weighted by Crippen LogP contribution is -2.44. The molecule has 0 heterocycles. The number of aliphatic hydroxyl groups excluding tert-OH is 1. The lowest BCUT2D eigenvalue weighted by molar-refractivity contribution is -0.143. The number of amides is 1. The van der Waals surface area contributed by atoms with Crippen LogP contribution in [0.3, 0.4) is 0 Å². The van der Waals surface area contributed by atoms with E-state index in [1.54, 1.807) is 13.8 Å². The van der Waals surface area contributed by atoms with Gasteiger partial charge in [0, 0.05) is 12.8 Å². The molecule has 0 saturated carbocycles. The maximum Gasteiger partial charge on any atom is 0.326 e. The minimum absolute atomic E-state index is 0.0723. The molecule has 0 aliphatic carbocycles. The van der Waals surface area contributed by atoms with Crippen LogP contribution in [0.2, 0.25) is 0 Å². The standard InChI is InChI=1S/C14H25NO5/c1-9(2)13(14(19)20)15-12(18)7-10(3)5-4-6-11(17)8-16/h9-10,13,16H,4-8H2,1-3H3,(H,15,18)(H,19,20)/t10?,13-/m1/s1. The van der Waals surface area contributed by atoms with Crippen molar-refractivity contribution in [3.8, 4) is 0 Å². The number of Topliss-reactive ketones (excluding diaryl/α,β-unsaturated/α-hetero) is 1. The van der Waals surface area contributed by atoms with Crippen LogP contribution in [0.1, 0.15) is 46.5 Å². The van der Waals surface area contributed by atoms with Crippen LogP contribution >= 0.6 is 0 Å². The number of aliphatic hydroxyl groups is 1. The molecule has 2 atom stereocenters. The molecule has 0 spiro atoms. The summed E-state index contributed by atoms with van der Waals surface area (Å²) >= 11 is 0. The van der Waals surface area contributed by atoms with E-state index in [9.17, 15) is 14.4 Å². The summed E-state index contributed by atoms with van der Waals surface area (Å²) in [5, 5.41) is 20.1. The first-order valence-corrected chi connectivity index (χ1v) is 6.92. The molecule has 0 fully saturated rings. The number of carboxylic acids is 1. The summed E-state index contributed by atoms with van der Waals surface area (Å²) in [4.78, 5) is 33.6. The van der Waals surface area contributed by atoms with E-state index in [0.29, 0.717) is 19.3 Å². The second-order valence-electron chi connectivity index (χ2n) is 5.53. The van der Waals surface area contributed by atoms with E-state index < -0.39 is 18.6 Å². The van der Waals surface area contributed by atoms with Crippen molar-refractivity contribution in [1.82, 2.24) is 5.32 Å². The highest BCUT2D eigenvalue weighted by Gasteiger charge is 2.23. The number of ketones is 1. The van der Waals surface area contributed by atoms with E-state index in [-0.39, 0.29) is 29.9 Å². The fraction of sp³-hybridized carbons (Fsp3) is 0.786. The molecular weight excluding hydrogens is 262 g/mol. The van der Waals surface area contributed by atoms with Crippen LogP contribution in [0.15, 0.2) is 0 Å². The highest BCUT2D eigenvalue weighted by Crippen LogP contribution is 2.13. The number of hydrogen-bond acceptors (Lipinski definition) is 4. The SMILES string of the molecule is CC(CCCC(=O)CO)CC(=O)N[C@@H](C(=O)O)C(C)C. The number of hydrogen-bond donors (Lipinski definition) is 3. The van der Waals surface area contributed by atoms with Crippen molar-refractivity contribution in [1.29, 1.82) is 0 Å². The third kappa shape index (κ3) is 7.89. The molecule has 0 aromatic carbocycles. The van der Waals surface area contributed by atoms with Crippen molar-refractivity contribution >= 4 is 17.7 Å². The summed E-state index contributed by atoms with van der Waals surface area (Å²) in [5.41, 5.74) is 0. The second kappa shape index (κ2) is 9.47. The van der Waals surface area contributed by atoms with E-state index in [0.717, 1.165) is 0 Å². The lowest BCUT2D eigenvalue weighted by Gasteiger charge is -2.19. The van der Waals surface area contributed by atoms with Crippen molar-refractivity contribution in [2.24, 2.45) is 11.8 Å². The van der Waals surface area contributed by atoms with Gasteiger partial charge < -0.3 is 15.5 Å². The van der Waals surface area contributed by atoms with Gasteiger partial charge in [0.1, 0.15) is 12.6 Å². The Labute approximate surface area is 119 Å². The van der Waals surface area contributed by atoms with E-state index in [2.05, 4.69) is 5.32 Å². The van der Waals surface area contributed by atoms with Gasteiger partial charge in [-0.1, -0.05) is 20.8 Å². The molecule has 1 unspecified atom stereocenters. The van der Waals surface area contributed by atoms with Crippen molar-refractivity contribution < 1.29 is 24.6 Å². The minimum atomic E-state index is -1.03. The average molecular weight is 287 g/mol. The Morgan fingerprint density at radius 1 is 1.15 bits per heavy atom. The summed E-state index contributed by atoms with van der Waals surface area (Å²) in [6.45, 7) is 4.92. The Kier molecular flexibility index (Phi) is 8.79. The molecule has 0 aromatic heterocycles. The molecule has 6 heteroatoms. The highest BCUT2D eigenvalue weighted by molar-refractivity contribution is 5.83. The zero-order valence-electron chi connectivity index (χ0n) is 12.4. The van der Waals surface area contributed by atoms with Gasteiger partial charge in [-0.05, 0) is 24.7 Å². The Morgan fingerprint density at radius 2 is 1.75 bits per heavy atom. The first kappa shape index (κ1) is 18.6. The molecule has 6 nitrogen and oxygen atoms in total. The van der Waals surface area contributed by atoms with Crippen molar-refractivity contribution in [2.75, 3.05) is 6.61 Å². The average Bonchev–Trinajstić information content (AvgIpc) is 2.34. The van der Waals surface area contributed by atoms with Crippen molar-refractivity contribution in [3.05, 3.63) is 0 Å². The monoisotopic (exact) mass is 287 g/mol. The zero-order valence-corrected chi connectivity index (χ0v) is 12.4. The third-order valence-electron chi connectivity index (χ3n) is 3.11. The smallest absolute Gasteiger partial charge is 0.326 e. The number of aliphatic carboxylic acids is 1. The van der Waals surface area contributed by atoms with Gasteiger partial charge in [0.25, 0.3) is 0 Å². The zero-order chi connectivity index (χ0) is 15.7. The molecule has 0 rings (SSSR count). The largest absolute Gasteiger partial charge is 0.480 e. The Morgan fingerprint density at radius 3 is 2.20 bits per heavy atom. The van der Waals surface area contributed by atoms with Gasteiger partial charge >= 0.3 is 5.97 Å². The molecule has 0 saturated heterocycles. The number of carboxylic acid groups (broad SMARTS) is 1. The molecule has 0 aromatic rings. The van der Waals surface area contributed by atoms with Gasteiger partial charge in [-0.25, -0.2) is 4.79 Å². The number of carbonyl (C=O) groups is 3. The minimum Gasteiger partial charge on any atom is -0.480 e. The first-order valence-electron chi connectivity index (χ1n) is 6.92. The summed E-state index contributed by atoms with van der Waals surface area (Å²) < 4.78 is 0. The summed E-state index contributed by atoms with van der Waals surface area (Å²) in [6, 6.07) is -0.870. The van der Waals surface area contributed by atoms with Gasteiger partial charge in [-0.2, -0.15) is 0 Å². The quantitative estimate of drug-likeness (QED) is 0.555. The van der Waals surface area contributed by atoms with Crippen molar-refractivity contribution in [3.63, 3.8) is 0 Å². The van der Waals surface area contributed by atoms with E-state index in [4.69, 9.17) is 10.2 Å². The van der Waals surface area contributed by atoms with Crippen LogP contribution in [0.25, 0.3) is 0 Å². The van der Waals surface area contributed by atoms with Gasteiger partial charge in [-0.3, -0.25) is 9.59 Å². The molecular formula is C14H25NO5. The van der Waals surface area contributed by atoms with Gasteiger partial charge in [-0.15, -0.1) is 0 Å². The molecule has 0 bridgehead atoms. The lowest BCUT2D eigenvalue weighted by atomic mass is 9.98. The van der Waals surface area contributed by atoms with Crippen molar-refractivity contribution in [2.45, 2.75) is 52.5 Å². The van der Waals surface area contributed by atoms with Crippen LogP contribution in [-0.4, -0.2) is 40.5 Å². The van der Waals surface area contributed by atoms with Crippen LogP contribution < -0.4 is 5.32 Å². The predicted molar refractivity (Wildman–Crippen MR) is 74.1 cm³/mol. The topological polar surface area (TPSA) is 104 Å². The molecule has 20 heavy (non-hydrogen) atoms. The van der Waals surface area contributed by atoms with Gasteiger partial charge in [0.15, 0.2) is 5.78 Å². The number of rotatable bonds is 10. The maximum absolute atomic E-state index is 11.7. The Balaban J connectivity index is 4.06. The molecule has 3 N–H and O–H groups in total. The molecule has 0 aliphatic rings. The van der Waals surface area contributed by atoms with E-state index in [1.165, 1.54) is 0 Å². The summed E-state index contributed by atoms with van der Waals surface area (Å²) in [6.07, 6.45) is 1.87. The number of nitrogens with one attached hydrogen (secondary N) is 1. The summed E-state index contributed by atoms with van der Waals surface area (Å²) in [7, 11) is 0. The molecule has 116 valence electrons. The second-order valence-corrected chi connectivity index (χ2v) is 5.53. The number of carbonyl (C=O) groups excluding carboxylic acids is 2. The van der Waals surface area contributed by atoms with Crippen LogP contribution in [-0.2, 0) is 14.4 Å². The van der Waals surface area contributed by atoms with Crippen LogP contribution in [0, 0.1) is 11.8 Å². The maximum atomic E-state index is 11.7. The van der Waals surface area contributed by atoms with E-state index >= 15 is 0 Å². The summed E-state index contributed by atoms with van der Waals surface area (Å²) in [5.74, 6) is -1.62. The van der Waals surface area contributed by atoms with Gasteiger partial charge in [0.05, 0.1) is 0 Å². The fourth-order valence-corrected chi connectivity index (χ4v) is 1.89. The first-order chi connectivity index (χ1) is 9.27. The van der Waals surface area contributed by atoms with Crippen LogP contribution in [0.5, 0.6) is 0 Å². The Bertz CT molecular complexity index is 340. The highest BCUT2D eigenvalue weighted by atomic mass is 16.4. The van der Waals surface area contributed by atoms with E-state index in [1.807, 2.05) is 6.92 Å². The molecule has 0 aliphatic heterocycles. The van der Waals surface area contributed by atoms with Gasteiger partial charge in [0.2, 0.25) is 5.91 Å². The third-order valence-corrected chi connectivity index (χ3v) is 3.11. The predicted octanol–water partition coefficient (Wildman–Crippen LogP) is 0.970. The fourth-order valence-electron chi connectivity index (χ4n) is 1.89.